The summed E-state index contributed by atoms with van der Waals surface area (Å²) < 4.78 is 16.6. The van der Waals surface area contributed by atoms with Gasteiger partial charge in [-0.1, -0.05) is 18.2 Å². The third kappa shape index (κ3) is 4.51. The van der Waals surface area contributed by atoms with Gasteiger partial charge in [0.1, 0.15) is 5.75 Å². The second-order valence-corrected chi connectivity index (χ2v) is 6.31. The van der Waals surface area contributed by atoms with Crippen LogP contribution < -0.4 is 24.4 Å². The van der Waals surface area contributed by atoms with Crippen molar-refractivity contribution in [2.45, 2.75) is 13.0 Å². The number of carbonyl (C=O) groups excluding carboxylic acids is 2. The van der Waals surface area contributed by atoms with Gasteiger partial charge >= 0.3 is 0 Å². The molecular formula is C22H24N2O5. The van der Waals surface area contributed by atoms with Crippen LogP contribution in [0.2, 0.25) is 0 Å². The molecule has 0 saturated heterocycles. The molecule has 1 atom stereocenters. The first-order valence-electron chi connectivity index (χ1n) is 9.35. The highest BCUT2D eigenvalue weighted by molar-refractivity contribution is 6.05. The lowest BCUT2D eigenvalue weighted by atomic mass is 10.1. The molecule has 29 heavy (non-hydrogen) atoms. The first-order chi connectivity index (χ1) is 14.1. The van der Waals surface area contributed by atoms with E-state index in [-0.39, 0.29) is 18.4 Å². The lowest BCUT2D eigenvalue weighted by Crippen LogP contribution is -2.49. The Kier molecular flexibility index (Phi) is 6.39. The molecule has 3 rings (SSSR count). The average molecular weight is 396 g/mol. The van der Waals surface area contributed by atoms with Gasteiger partial charge in [-0.2, -0.15) is 0 Å². The second kappa shape index (κ2) is 9.14. The number of methoxy groups -OCH3 is 1. The summed E-state index contributed by atoms with van der Waals surface area (Å²) in [5.74, 6) is 1.21. The standard InChI is InChI=1S/C22H24N2O5/c1-4-28-19-13-15(9-11-18(19)27-3)10-12-21(25)24-14-20(22(26)23-2)29-17-8-6-5-7-16(17)24/h5-13,20H,4,14H2,1-3H3,(H,23,26)/b12-10+/t20-/m1/s1. The summed E-state index contributed by atoms with van der Waals surface area (Å²) in [7, 11) is 3.12. The number of ether oxygens (including phenoxy) is 3. The maximum atomic E-state index is 12.9. The van der Waals surface area contributed by atoms with Crippen molar-refractivity contribution in [2.24, 2.45) is 0 Å². The summed E-state index contributed by atoms with van der Waals surface area (Å²) in [6.45, 7) is 2.53. The van der Waals surface area contributed by atoms with Crippen LogP contribution in [0, 0.1) is 0 Å². The van der Waals surface area contributed by atoms with Gasteiger partial charge in [0.2, 0.25) is 0 Å². The Morgan fingerprint density at radius 1 is 1.24 bits per heavy atom. The molecule has 0 spiro atoms. The van der Waals surface area contributed by atoms with E-state index in [4.69, 9.17) is 14.2 Å². The molecule has 0 saturated carbocycles. The van der Waals surface area contributed by atoms with Gasteiger partial charge in [-0.3, -0.25) is 9.59 Å². The molecule has 1 aliphatic heterocycles. The number of anilines is 1. The van der Waals surface area contributed by atoms with Crippen LogP contribution in [0.4, 0.5) is 5.69 Å². The van der Waals surface area contributed by atoms with Crippen molar-refractivity contribution in [1.29, 1.82) is 0 Å². The first-order valence-corrected chi connectivity index (χ1v) is 9.35. The van der Waals surface area contributed by atoms with Crippen molar-refractivity contribution in [3.8, 4) is 17.2 Å². The van der Waals surface area contributed by atoms with E-state index in [1.54, 1.807) is 42.4 Å². The Balaban J connectivity index is 1.84. The minimum absolute atomic E-state index is 0.132. The first kappa shape index (κ1) is 20.3. The Hall–Kier alpha value is -3.48. The molecule has 2 aromatic carbocycles. The zero-order valence-corrected chi connectivity index (χ0v) is 16.7. The monoisotopic (exact) mass is 396 g/mol. The number of hydrogen-bond donors (Lipinski definition) is 1. The van der Waals surface area contributed by atoms with E-state index in [0.29, 0.717) is 29.5 Å². The average Bonchev–Trinajstić information content (AvgIpc) is 2.76. The molecule has 0 radical (unpaired) electrons. The minimum Gasteiger partial charge on any atom is -0.493 e. The van der Waals surface area contributed by atoms with Crippen LogP contribution in [0.25, 0.3) is 6.08 Å². The normalized spacial score (nSPS) is 15.4. The number of amides is 2. The molecule has 2 amide bonds. The number of rotatable bonds is 6. The summed E-state index contributed by atoms with van der Waals surface area (Å²) in [5, 5.41) is 2.57. The smallest absolute Gasteiger partial charge is 0.262 e. The molecule has 7 heteroatoms. The molecule has 0 bridgehead atoms. The lowest BCUT2D eigenvalue weighted by Gasteiger charge is -2.33. The van der Waals surface area contributed by atoms with Crippen LogP contribution in [0.1, 0.15) is 12.5 Å². The number of likely N-dealkylation sites (N-methyl/N-ethyl adjacent to an activating group) is 1. The molecule has 0 unspecified atom stereocenters. The van der Waals surface area contributed by atoms with Gasteiger partial charge in [0, 0.05) is 13.1 Å². The molecule has 1 N–H and O–H groups in total. The molecule has 1 heterocycles. The third-order valence-corrected chi connectivity index (χ3v) is 4.48. The Morgan fingerprint density at radius 3 is 2.76 bits per heavy atom. The van der Waals surface area contributed by atoms with Gasteiger partial charge in [0.15, 0.2) is 17.6 Å². The lowest BCUT2D eigenvalue weighted by molar-refractivity contribution is -0.127. The predicted octanol–water partition coefficient (Wildman–Crippen LogP) is 2.65. The second-order valence-electron chi connectivity index (χ2n) is 6.31. The predicted molar refractivity (Wildman–Crippen MR) is 110 cm³/mol. The van der Waals surface area contributed by atoms with E-state index >= 15 is 0 Å². The molecule has 7 nitrogen and oxygen atoms in total. The van der Waals surface area contributed by atoms with Gasteiger partial charge < -0.3 is 24.4 Å². The number of nitrogens with one attached hydrogen (secondary N) is 1. The quantitative estimate of drug-likeness (QED) is 0.760. The number of para-hydroxylation sites is 2. The fourth-order valence-electron chi connectivity index (χ4n) is 3.06. The Labute approximate surface area is 169 Å². The summed E-state index contributed by atoms with van der Waals surface area (Å²) >= 11 is 0. The summed E-state index contributed by atoms with van der Waals surface area (Å²) in [4.78, 5) is 26.5. The van der Waals surface area contributed by atoms with Crippen molar-refractivity contribution in [2.75, 3.05) is 32.2 Å². The molecule has 0 fully saturated rings. The van der Waals surface area contributed by atoms with Gasteiger partial charge in [-0.05, 0) is 42.8 Å². The van der Waals surface area contributed by atoms with Crippen LogP contribution >= 0.6 is 0 Å². The van der Waals surface area contributed by atoms with E-state index < -0.39 is 6.10 Å². The van der Waals surface area contributed by atoms with Crippen LogP contribution in [0.15, 0.2) is 48.5 Å². The minimum atomic E-state index is -0.766. The number of carbonyl (C=O) groups is 2. The summed E-state index contributed by atoms with van der Waals surface area (Å²) in [6.07, 6.45) is 2.41. The zero-order chi connectivity index (χ0) is 20.8. The van der Waals surface area contributed by atoms with Crippen molar-refractivity contribution in [1.82, 2.24) is 5.32 Å². The molecular weight excluding hydrogens is 372 g/mol. The maximum Gasteiger partial charge on any atom is 0.262 e. The highest BCUT2D eigenvalue weighted by Gasteiger charge is 2.32. The highest BCUT2D eigenvalue weighted by Crippen LogP contribution is 2.33. The van der Waals surface area contributed by atoms with Crippen molar-refractivity contribution >= 4 is 23.6 Å². The Morgan fingerprint density at radius 2 is 2.03 bits per heavy atom. The number of fused-ring (bicyclic) bond motifs is 1. The van der Waals surface area contributed by atoms with Gasteiger partial charge in [-0.25, -0.2) is 0 Å². The third-order valence-electron chi connectivity index (χ3n) is 4.48. The van der Waals surface area contributed by atoms with Crippen molar-refractivity contribution in [3.63, 3.8) is 0 Å². The topological polar surface area (TPSA) is 77.1 Å². The molecule has 2 aromatic rings. The van der Waals surface area contributed by atoms with E-state index in [1.165, 1.54) is 13.1 Å². The fourth-order valence-corrected chi connectivity index (χ4v) is 3.06. The highest BCUT2D eigenvalue weighted by atomic mass is 16.5. The summed E-state index contributed by atoms with van der Waals surface area (Å²) in [6, 6.07) is 12.6. The van der Waals surface area contributed by atoms with E-state index in [1.807, 2.05) is 25.1 Å². The number of benzene rings is 2. The number of nitrogens with zero attached hydrogens (tertiary/aromatic N) is 1. The van der Waals surface area contributed by atoms with E-state index in [9.17, 15) is 9.59 Å². The molecule has 1 aliphatic rings. The SMILES string of the molecule is CCOc1cc(/C=C/C(=O)N2C[C@H](C(=O)NC)Oc3ccccc32)ccc1OC. The van der Waals surface area contributed by atoms with Crippen LogP contribution in [0.3, 0.4) is 0 Å². The van der Waals surface area contributed by atoms with Gasteiger partial charge in [-0.15, -0.1) is 0 Å². The van der Waals surface area contributed by atoms with Gasteiger partial charge in [0.05, 0.1) is 25.9 Å². The molecule has 152 valence electrons. The van der Waals surface area contributed by atoms with Crippen molar-refractivity contribution < 1.29 is 23.8 Å². The largest absolute Gasteiger partial charge is 0.493 e. The van der Waals surface area contributed by atoms with E-state index in [0.717, 1.165) is 5.56 Å². The number of hydrogen-bond acceptors (Lipinski definition) is 5. The van der Waals surface area contributed by atoms with E-state index in [2.05, 4.69) is 5.32 Å². The maximum absolute atomic E-state index is 12.9. The Bertz CT molecular complexity index is 925. The molecule has 0 aromatic heterocycles. The van der Waals surface area contributed by atoms with Crippen LogP contribution in [-0.4, -0.2) is 45.2 Å². The van der Waals surface area contributed by atoms with Crippen LogP contribution in [0.5, 0.6) is 17.2 Å². The fraction of sp³-hybridized carbons (Fsp3) is 0.273. The molecule has 0 aliphatic carbocycles. The zero-order valence-electron chi connectivity index (χ0n) is 16.7. The van der Waals surface area contributed by atoms with Gasteiger partial charge in [0.25, 0.3) is 11.8 Å². The summed E-state index contributed by atoms with van der Waals surface area (Å²) in [5.41, 5.74) is 1.43. The van der Waals surface area contributed by atoms with Crippen LogP contribution in [-0.2, 0) is 9.59 Å². The van der Waals surface area contributed by atoms with Crippen molar-refractivity contribution in [3.05, 3.63) is 54.1 Å².